The summed E-state index contributed by atoms with van der Waals surface area (Å²) in [5, 5.41) is 32.7. The largest absolute Gasteiger partial charge is 0.394 e. The van der Waals surface area contributed by atoms with Crippen molar-refractivity contribution in [3.63, 3.8) is 0 Å². The van der Waals surface area contributed by atoms with Gasteiger partial charge in [0.15, 0.2) is 0 Å². The number of rotatable bonds is 30. The highest BCUT2D eigenvalue weighted by molar-refractivity contribution is 5.80. The van der Waals surface area contributed by atoms with Crippen molar-refractivity contribution < 1.29 is 20.1 Å². The summed E-state index contributed by atoms with van der Waals surface area (Å²) < 4.78 is 0. The molecule has 244 valence electrons. The topological polar surface area (TPSA) is 89.8 Å². The molecule has 3 atom stereocenters. The Morgan fingerprint density at radius 1 is 0.571 bits per heavy atom. The van der Waals surface area contributed by atoms with Gasteiger partial charge in [0.2, 0.25) is 5.91 Å². The molecule has 0 spiro atoms. The predicted molar refractivity (Wildman–Crippen MR) is 181 cm³/mol. The van der Waals surface area contributed by atoms with Crippen LogP contribution < -0.4 is 5.32 Å². The van der Waals surface area contributed by atoms with Crippen molar-refractivity contribution in [1.29, 1.82) is 0 Å². The van der Waals surface area contributed by atoms with E-state index in [1.165, 1.54) is 96.3 Å². The maximum absolute atomic E-state index is 12.3. The van der Waals surface area contributed by atoms with Gasteiger partial charge in [0, 0.05) is 0 Å². The van der Waals surface area contributed by atoms with Crippen LogP contribution >= 0.6 is 0 Å². The Morgan fingerprint density at radius 2 is 0.976 bits per heavy atom. The first-order chi connectivity index (χ1) is 20.6. The molecule has 1 amide bonds. The zero-order chi connectivity index (χ0) is 30.9. The first-order valence-electron chi connectivity index (χ1n) is 17.5. The lowest BCUT2D eigenvalue weighted by atomic mass is 10.1. The molecule has 0 radical (unpaired) electrons. The van der Waals surface area contributed by atoms with Gasteiger partial charge >= 0.3 is 0 Å². The fourth-order valence-electron chi connectivity index (χ4n) is 4.80. The number of unbranched alkanes of at least 4 members (excludes halogenated alkanes) is 16. The second kappa shape index (κ2) is 32.2. The number of allylic oxidation sites excluding steroid dienone is 7. The van der Waals surface area contributed by atoms with Gasteiger partial charge in [0.1, 0.15) is 6.10 Å². The lowest BCUT2D eigenvalue weighted by Crippen LogP contribution is -2.48. The van der Waals surface area contributed by atoms with Crippen LogP contribution in [0.4, 0.5) is 0 Å². The van der Waals surface area contributed by atoms with Crippen molar-refractivity contribution in [2.45, 2.75) is 173 Å². The third-order valence-corrected chi connectivity index (χ3v) is 7.63. The van der Waals surface area contributed by atoms with E-state index >= 15 is 0 Å². The van der Waals surface area contributed by atoms with Crippen molar-refractivity contribution in [3.8, 4) is 0 Å². The maximum Gasteiger partial charge on any atom is 0.249 e. The van der Waals surface area contributed by atoms with Gasteiger partial charge in [-0.15, -0.1) is 0 Å². The second-order valence-corrected chi connectivity index (χ2v) is 11.7. The highest BCUT2D eigenvalue weighted by Gasteiger charge is 2.22. The van der Waals surface area contributed by atoms with Crippen LogP contribution in [0.15, 0.2) is 48.6 Å². The zero-order valence-electron chi connectivity index (χ0n) is 27.4. The maximum atomic E-state index is 12.3. The molecule has 3 unspecified atom stereocenters. The Bertz CT molecular complexity index is 700. The summed E-state index contributed by atoms with van der Waals surface area (Å²) in [4.78, 5) is 12.3. The molecule has 4 N–H and O–H groups in total. The van der Waals surface area contributed by atoms with Crippen LogP contribution in [0, 0.1) is 0 Å². The lowest BCUT2D eigenvalue weighted by Gasteiger charge is -2.21. The average molecular weight is 590 g/mol. The van der Waals surface area contributed by atoms with E-state index in [0.717, 1.165) is 32.1 Å². The molecule has 42 heavy (non-hydrogen) atoms. The highest BCUT2D eigenvalue weighted by atomic mass is 16.3. The van der Waals surface area contributed by atoms with Gasteiger partial charge in [-0.3, -0.25) is 4.79 Å². The molecule has 0 aromatic carbocycles. The molecule has 0 rings (SSSR count). The Balaban J connectivity index is 3.85. The SMILES string of the molecule is CCCCCC/C=C\CCC(O)C(=O)NC(CO)C(O)/C=C/CC/C=C/CC/C=C/CCCCCCCCCCCC. The summed E-state index contributed by atoms with van der Waals surface area (Å²) in [5.41, 5.74) is 0. The van der Waals surface area contributed by atoms with Crippen LogP contribution in [0.1, 0.15) is 155 Å². The molecule has 0 fully saturated rings. The summed E-state index contributed by atoms with van der Waals surface area (Å²) >= 11 is 0. The fourth-order valence-corrected chi connectivity index (χ4v) is 4.80. The number of amides is 1. The molecular formula is C37H67NO4. The first kappa shape index (κ1) is 40.3. The Hall–Kier alpha value is -1.69. The minimum atomic E-state index is -1.15. The van der Waals surface area contributed by atoms with Crippen LogP contribution in [0.2, 0.25) is 0 Å². The minimum absolute atomic E-state index is 0.322. The zero-order valence-corrected chi connectivity index (χ0v) is 27.4. The number of aliphatic hydroxyl groups excluding tert-OH is 3. The third-order valence-electron chi connectivity index (χ3n) is 7.63. The Kier molecular flexibility index (Phi) is 30.9. The minimum Gasteiger partial charge on any atom is -0.394 e. The van der Waals surface area contributed by atoms with Gasteiger partial charge in [0.05, 0.1) is 18.8 Å². The molecular weight excluding hydrogens is 522 g/mol. The van der Waals surface area contributed by atoms with Crippen LogP contribution in [0.3, 0.4) is 0 Å². The van der Waals surface area contributed by atoms with E-state index in [1.54, 1.807) is 6.08 Å². The van der Waals surface area contributed by atoms with Gasteiger partial charge in [-0.25, -0.2) is 0 Å². The number of hydrogen-bond acceptors (Lipinski definition) is 4. The van der Waals surface area contributed by atoms with E-state index in [9.17, 15) is 20.1 Å². The fraction of sp³-hybridized carbons (Fsp3) is 0.757. The van der Waals surface area contributed by atoms with Crippen molar-refractivity contribution in [2.24, 2.45) is 0 Å². The number of aliphatic hydroxyl groups is 3. The van der Waals surface area contributed by atoms with Crippen LogP contribution in [0.25, 0.3) is 0 Å². The molecule has 0 saturated heterocycles. The first-order valence-corrected chi connectivity index (χ1v) is 17.5. The van der Waals surface area contributed by atoms with E-state index < -0.39 is 30.8 Å². The van der Waals surface area contributed by atoms with Crippen molar-refractivity contribution in [3.05, 3.63) is 48.6 Å². The molecule has 0 aliphatic rings. The second-order valence-electron chi connectivity index (χ2n) is 11.7. The molecule has 0 bridgehead atoms. The molecule has 0 aliphatic heterocycles. The van der Waals surface area contributed by atoms with Crippen LogP contribution in [0.5, 0.6) is 0 Å². The van der Waals surface area contributed by atoms with Crippen molar-refractivity contribution in [2.75, 3.05) is 6.61 Å². The molecule has 0 aromatic heterocycles. The summed E-state index contributed by atoms with van der Waals surface area (Å²) in [6, 6.07) is -0.833. The monoisotopic (exact) mass is 590 g/mol. The Labute approximate surface area is 259 Å². The standard InChI is InChI=1S/C37H67NO4/c1-3-5-7-9-11-13-14-15-16-17-18-19-20-21-22-23-24-26-27-29-31-35(40)34(33-39)38-37(42)36(41)32-30-28-25-12-10-8-6-4-2/h19-20,23-25,28-29,31,34-36,39-41H,3-18,21-22,26-27,30,32-33H2,1-2H3,(H,38,42)/b20-19+,24-23+,28-25-,31-29+. The summed E-state index contributed by atoms with van der Waals surface area (Å²) in [5.74, 6) is -0.557. The number of carbonyl (C=O) groups is 1. The van der Waals surface area contributed by atoms with E-state index in [1.807, 2.05) is 12.2 Å². The summed E-state index contributed by atoms with van der Waals surface area (Å²) in [6.07, 6.45) is 40.1. The smallest absolute Gasteiger partial charge is 0.249 e. The van der Waals surface area contributed by atoms with Crippen molar-refractivity contribution in [1.82, 2.24) is 5.32 Å². The molecule has 0 saturated carbocycles. The third kappa shape index (κ3) is 27.2. The lowest BCUT2D eigenvalue weighted by molar-refractivity contribution is -0.131. The van der Waals surface area contributed by atoms with Gasteiger partial charge in [0.25, 0.3) is 0 Å². The van der Waals surface area contributed by atoms with Gasteiger partial charge < -0.3 is 20.6 Å². The van der Waals surface area contributed by atoms with Crippen LogP contribution in [-0.4, -0.2) is 46.1 Å². The summed E-state index contributed by atoms with van der Waals surface area (Å²) in [6.45, 7) is 4.07. The quantitative estimate of drug-likeness (QED) is 0.0497. The molecule has 5 heteroatoms. The van der Waals surface area contributed by atoms with E-state index in [2.05, 4.69) is 49.5 Å². The molecule has 0 aliphatic carbocycles. The van der Waals surface area contributed by atoms with Gasteiger partial charge in [-0.05, 0) is 64.2 Å². The average Bonchev–Trinajstić information content (AvgIpc) is 2.99. The van der Waals surface area contributed by atoms with Gasteiger partial charge in [-0.1, -0.05) is 140 Å². The predicted octanol–water partition coefficient (Wildman–Crippen LogP) is 9.03. The van der Waals surface area contributed by atoms with E-state index in [0.29, 0.717) is 12.8 Å². The normalized spacial score (nSPS) is 14.5. The van der Waals surface area contributed by atoms with E-state index in [4.69, 9.17) is 0 Å². The van der Waals surface area contributed by atoms with Crippen LogP contribution in [-0.2, 0) is 4.79 Å². The number of hydrogen-bond donors (Lipinski definition) is 4. The molecule has 5 nitrogen and oxygen atoms in total. The molecule has 0 heterocycles. The van der Waals surface area contributed by atoms with E-state index in [-0.39, 0.29) is 0 Å². The van der Waals surface area contributed by atoms with Gasteiger partial charge in [-0.2, -0.15) is 0 Å². The number of carbonyl (C=O) groups excluding carboxylic acids is 1. The molecule has 0 aromatic rings. The highest BCUT2D eigenvalue weighted by Crippen LogP contribution is 2.12. The Morgan fingerprint density at radius 3 is 1.48 bits per heavy atom. The van der Waals surface area contributed by atoms with Crippen molar-refractivity contribution >= 4 is 5.91 Å². The summed E-state index contributed by atoms with van der Waals surface area (Å²) in [7, 11) is 0. The number of nitrogens with one attached hydrogen (secondary N) is 1.